The number of rotatable bonds is 2. The van der Waals surface area contributed by atoms with Crippen LogP contribution in [-0.4, -0.2) is 29.7 Å². The summed E-state index contributed by atoms with van der Waals surface area (Å²) in [6, 6.07) is 2.30. The molecule has 0 unspecified atom stereocenters. The molecule has 1 aliphatic heterocycles. The molecule has 0 saturated carbocycles. The van der Waals surface area contributed by atoms with Crippen LogP contribution in [0, 0.1) is 25.2 Å². The molecule has 0 bridgehead atoms. The topological polar surface area (TPSA) is 75.8 Å². The Bertz CT molecular complexity index is 582. The smallest absolute Gasteiger partial charge is 0.150 e. The van der Waals surface area contributed by atoms with E-state index in [0.29, 0.717) is 19.3 Å². The average Bonchev–Trinajstić information content (AvgIpc) is 2.58. The van der Waals surface area contributed by atoms with Gasteiger partial charge in [0.2, 0.25) is 0 Å². The monoisotopic (exact) mass is 267 g/mol. The van der Waals surface area contributed by atoms with Gasteiger partial charge in [0.25, 0.3) is 0 Å². The van der Waals surface area contributed by atoms with Crippen LogP contribution < -0.4 is 0 Å². The van der Waals surface area contributed by atoms with E-state index in [9.17, 15) is 8.42 Å². The maximum Gasteiger partial charge on any atom is 0.150 e. The molecule has 1 aromatic heterocycles. The molecular formula is C12H17N3O2S. The van der Waals surface area contributed by atoms with Crippen molar-refractivity contribution >= 4 is 9.84 Å². The zero-order valence-corrected chi connectivity index (χ0v) is 11.5. The van der Waals surface area contributed by atoms with Crippen molar-refractivity contribution in [3.8, 4) is 6.07 Å². The number of hydrogen-bond acceptors (Lipinski definition) is 4. The van der Waals surface area contributed by atoms with Crippen LogP contribution in [0.2, 0.25) is 0 Å². The molecule has 0 radical (unpaired) electrons. The lowest BCUT2D eigenvalue weighted by Gasteiger charge is -2.23. The molecule has 1 saturated heterocycles. The van der Waals surface area contributed by atoms with Gasteiger partial charge in [-0.25, -0.2) is 8.42 Å². The van der Waals surface area contributed by atoms with Crippen LogP contribution in [0.25, 0.3) is 0 Å². The summed E-state index contributed by atoms with van der Waals surface area (Å²) in [4.78, 5) is 0. The van der Waals surface area contributed by atoms with Crippen molar-refractivity contribution in [3.63, 3.8) is 0 Å². The van der Waals surface area contributed by atoms with Gasteiger partial charge in [0.15, 0.2) is 0 Å². The van der Waals surface area contributed by atoms with Gasteiger partial charge >= 0.3 is 0 Å². The van der Waals surface area contributed by atoms with E-state index in [1.165, 1.54) is 0 Å². The van der Waals surface area contributed by atoms with E-state index >= 15 is 0 Å². The van der Waals surface area contributed by atoms with Crippen molar-refractivity contribution in [2.75, 3.05) is 11.5 Å². The maximum atomic E-state index is 11.4. The van der Waals surface area contributed by atoms with Crippen LogP contribution in [0.3, 0.4) is 0 Å². The number of aryl methyl sites for hydroxylation is 1. The molecule has 2 heterocycles. The highest BCUT2D eigenvalue weighted by Gasteiger charge is 2.27. The quantitative estimate of drug-likeness (QED) is 0.809. The number of hydrogen-bond donors (Lipinski definition) is 0. The predicted molar refractivity (Wildman–Crippen MR) is 67.9 cm³/mol. The van der Waals surface area contributed by atoms with Gasteiger partial charge < -0.3 is 0 Å². The molecule has 0 spiro atoms. The van der Waals surface area contributed by atoms with Gasteiger partial charge in [-0.2, -0.15) is 10.4 Å². The van der Waals surface area contributed by atoms with Crippen LogP contribution in [0.15, 0.2) is 0 Å². The largest absolute Gasteiger partial charge is 0.266 e. The van der Waals surface area contributed by atoms with Gasteiger partial charge in [-0.1, -0.05) is 0 Å². The Balaban J connectivity index is 2.25. The molecule has 98 valence electrons. The average molecular weight is 267 g/mol. The van der Waals surface area contributed by atoms with E-state index in [0.717, 1.165) is 17.0 Å². The molecule has 1 aliphatic rings. The summed E-state index contributed by atoms with van der Waals surface area (Å²) in [5, 5.41) is 13.3. The highest BCUT2D eigenvalue weighted by Crippen LogP contribution is 2.27. The Hall–Kier alpha value is -1.35. The van der Waals surface area contributed by atoms with Gasteiger partial charge in [0.1, 0.15) is 9.84 Å². The normalized spacial score (nSPS) is 19.6. The van der Waals surface area contributed by atoms with E-state index in [1.54, 1.807) is 0 Å². The van der Waals surface area contributed by atoms with Crippen molar-refractivity contribution < 1.29 is 8.42 Å². The number of aromatic nitrogens is 2. The predicted octanol–water partition coefficient (Wildman–Crippen LogP) is 1.32. The van der Waals surface area contributed by atoms with Crippen LogP contribution in [0.5, 0.6) is 0 Å². The summed E-state index contributed by atoms with van der Waals surface area (Å²) in [6.45, 7) is 3.85. The number of sulfone groups is 1. The molecule has 0 aliphatic carbocycles. The molecule has 0 amide bonds. The fourth-order valence-electron chi connectivity index (χ4n) is 2.51. The summed E-state index contributed by atoms with van der Waals surface area (Å²) < 4.78 is 24.7. The lowest BCUT2D eigenvalue weighted by atomic mass is 10.1. The summed E-state index contributed by atoms with van der Waals surface area (Å²) in [5.41, 5.74) is 2.85. The summed E-state index contributed by atoms with van der Waals surface area (Å²) in [5.74, 6) is 0.479. The third-order valence-corrected chi connectivity index (χ3v) is 5.32. The molecule has 18 heavy (non-hydrogen) atoms. The Kier molecular flexibility index (Phi) is 3.44. The Morgan fingerprint density at radius 1 is 1.39 bits per heavy atom. The van der Waals surface area contributed by atoms with Crippen LogP contribution >= 0.6 is 0 Å². The van der Waals surface area contributed by atoms with Gasteiger partial charge in [-0.05, 0) is 26.7 Å². The molecule has 5 nitrogen and oxygen atoms in total. The standard InChI is InChI=1S/C12H17N3O2S/c1-9-12(3-6-13)10(2)15(14-9)11-4-7-18(16,17)8-5-11/h11H,3-5,7-8H2,1-2H3. The Labute approximate surface area is 107 Å². The summed E-state index contributed by atoms with van der Waals surface area (Å²) in [6.07, 6.45) is 1.61. The lowest BCUT2D eigenvalue weighted by Crippen LogP contribution is -2.26. The minimum Gasteiger partial charge on any atom is -0.266 e. The van der Waals surface area contributed by atoms with Crippen LogP contribution in [0.1, 0.15) is 35.8 Å². The minimum absolute atomic E-state index is 0.152. The molecule has 0 N–H and O–H groups in total. The van der Waals surface area contributed by atoms with Gasteiger partial charge in [-0.3, -0.25) is 4.68 Å². The van der Waals surface area contributed by atoms with E-state index in [-0.39, 0.29) is 17.5 Å². The third kappa shape index (κ3) is 2.41. The molecule has 1 aromatic rings. The van der Waals surface area contributed by atoms with Crippen LogP contribution in [-0.2, 0) is 16.3 Å². The zero-order chi connectivity index (χ0) is 13.3. The molecule has 0 aromatic carbocycles. The second kappa shape index (κ2) is 4.73. The van der Waals surface area contributed by atoms with E-state index in [2.05, 4.69) is 11.2 Å². The lowest BCUT2D eigenvalue weighted by molar-refractivity contribution is 0.404. The Morgan fingerprint density at radius 2 is 2.00 bits per heavy atom. The van der Waals surface area contributed by atoms with Gasteiger partial charge in [0.05, 0.1) is 35.7 Å². The number of nitrogens with zero attached hydrogens (tertiary/aromatic N) is 3. The van der Waals surface area contributed by atoms with Crippen molar-refractivity contribution in [3.05, 3.63) is 17.0 Å². The highest BCUT2D eigenvalue weighted by molar-refractivity contribution is 7.91. The fourth-order valence-corrected chi connectivity index (χ4v) is 3.98. The number of nitriles is 1. The highest BCUT2D eigenvalue weighted by atomic mass is 32.2. The van der Waals surface area contributed by atoms with Crippen molar-refractivity contribution in [2.45, 2.75) is 39.2 Å². The molecule has 0 atom stereocenters. The van der Waals surface area contributed by atoms with Crippen molar-refractivity contribution in [1.29, 1.82) is 5.26 Å². The fraction of sp³-hybridized carbons (Fsp3) is 0.667. The first-order chi connectivity index (χ1) is 8.44. The molecule has 1 fully saturated rings. The first-order valence-electron chi connectivity index (χ1n) is 6.06. The minimum atomic E-state index is -2.84. The van der Waals surface area contributed by atoms with Crippen LogP contribution in [0.4, 0.5) is 0 Å². The molecule has 6 heteroatoms. The zero-order valence-electron chi connectivity index (χ0n) is 10.7. The first-order valence-corrected chi connectivity index (χ1v) is 7.88. The second-order valence-electron chi connectivity index (χ2n) is 4.81. The van der Waals surface area contributed by atoms with E-state index < -0.39 is 9.84 Å². The second-order valence-corrected chi connectivity index (χ2v) is 7.12. The molecular weight excluding hydrogens is 250 g/mol. The SMILES string of the molecule is Cc1nn(C2CCS(=O)(=O)CC2)c(C)c1CC#N. The Morgan fingerprint density at radius 3 is 2.56 bits per heavy atom. The maximum absolute atomic E-state index is 11.4. The van der Waals surface area contributed by atoms with Crippen molar-refractivity contribution in [1.82, 2.24) is 9.78 Å². The molecule has 2 rings (SSSR count). The summed E-state index contributed by atoms with van der Waals surface area (Å²) in [7, 11) is -2.84. The van der Waals surface area contributed by atoms with Gasteiger partial charge in [0, 0.05) is 11.3 Å². The van der Waals surface area contributed by atoms with Gasteiger partial charge in [-0.15, -0.1) is 0 Å². The van der Waals surface area contributed by atoms with E-state index in [4.69, 9.17) is 5.26 Å². The third-order valence-electron chi connectivity index (χ3n) is 3.60. The first kappa shape index (κ1) is 13.1. The summed E-state index contributed by atoms with van der Waals surface area (Å²) >= 11 is 0. The van der Waals surface area contributed by atoms with E-state index in [1.807, 2.05) is 18.5 Å². The van der Waals surface area contributed by atoms with Crippen molar-refractivity contribution in [2.24, 2.45) is 0 Å².